The summed E-state index contributed by atoms with van der Waals surface area (Å²) in [6, 6.07) is -3.87. The Hall–Kier alpha value is -2.79. The Bertz CT molecular complexity index is 1920. The Kier molecular flexibility index (Phi) is 15.8. The van der Waals surface area contributed by atoms with Crippen molar-refractivity contribution in [2.24, 2.45) is 22.9 Å². The van der Waals surface area contributed by atoms with E-state index in [2.05, 4.69) is 20.3 Å². The summed E-state index contributed by atoms with van der Waals surface area (Å²) in [7, 11) is -5.26. The molecular weight excluding hydrogens is 861 g/mol. The van der Waals surface area contributed by atoms with E-state index in [-0.39, 0.29) is 30.6 Å². The highest BCUT2D eigenvalue weighted by Gasteiger charge is 2.54. The molecule has 20 N–H and O–H groups in total. The van der Waals surface area contributed by atoms with Crippen molar-refractivity contribution in [3.8, 4) is 0 Å². The molecule has 2 aromatic rings. The zero-order valence-corrected chi connectivity index (χ0v) is 33.5. The second kappa shape index (κ2) is 20.2. The van der Waals surface area contributed by atoms with Crippen molar-refractivity contribution in [3.05, 3.63) is 23.0 Å². The molecule has 0 bridgehead atoms. The normalized spacial score (nSPS) is 41.8. The third-order valence-electron chi connectivity index (χ3n) is 11.1. The lowest BCUT2D eigenvalue weighted by molar-refractivity contribution is -0.331. The molecule has 1 amide bonds. The number of phosphoric ester groups is 1. The number of phosphoric acid groups is 1. The number of H-pyrrole nitrogens is 1. The van der Waals surface area contributed by atoms with E-state index >= 15 is 0 Å². The van der Waals surface area contributed by atoms with Gasteiger partial charge in [-0.15, -0.1) is 0 Å². The van der Waals surface area contributed by atoms with Crippen LogP contribution in [0.5, 0.6) is 0 Å². The lowest BCUT2D eigenvalue weighted by atomic mass is 9.83. The summed E-state index contributed by atoms with van der Waals surface area (Å²) in [5.41, 5.74) is 22.9. The molecule has 21 atom stereocenters. The number of hydrogen-bond donors (Lipinski definition) is 16. The molecule has 30 heteroatoms. The van der Waals surface area contributed by atoms with Crippen LogP contribution in [0.4, 0.5) is 0 Å². The van der Waals surface area contributed by atoms with E-state index in [9.17, 15) is 65.0 Å². The van der Waals surface area contributed by atoms with Crippen LogP contribution in [0, 0.1) is 0 Å². The van der Waals surface area contributed by atoms with Crippen LogP contribution in [0.1, 0.15) is 19.1 Å². The number of imidazole rings is 1. The number of fused-ring (bicyclic) bond motifs is 1. The Morgan fingerprint density at radius 2 is 1.58 bits per heavy atom. The van der Waals surface area contributed by atoms with Gasteiger partial charge < -0.3 is 108 Å². The molecule has 6 rings (SSSR count). The fourth-order valence-electron chi connectivity index (χ4n) is 7.68. The number of aliphatic hydroxyl groups excluding tert-OH is 9. The average molecular weight is 916 g/mol. The van der Waals surface area contributed by atoms with Gasteiger partial charge in [-0.05, 0) is 19.4 Å². The number of aliphatic hydroxyl groups is 9. The van der Waals surface area contributed by atoms with Crippen molar-refractivity contribution >= 4 is 24.9 Å². The van der Waals surface area contributed by atoms with Crippen LogP contribution >= 0.6 is 7.82 Å². The number of rotatable bonds is 16. The fraction of sp³-hybridized carbons (Fsp3) is 0.812. The van der Waals surface area contributed by atoms with E-state index in [1.807, 2.05) is 0 Å². The Morgan fingerprint density at radius 1 is 0.903 bits per heavy atom. The zero-order chi connectivity index (χ0) is 45.4. The average Bonchev–Trinajstić information content (AvgIpc) is 3.79. The van der Waals surface area contributed by atoms with Crippen LogP contribution in [0.2, 0.25) is 0 Å². The highest BCUT2D eigenvalue weighted by molar-refractivity contribution is 7.47. The first-order valence-corrected chi connectivity index (χ1v) is 20.9. The SMILES string of the molecule is NCC[C@H](O)C(=O)N[C@@H]1C[C@H](N)[C@@H](O[C@H]2O[C@H](CN)[C@@H](OP(=O)(O)OC[C@H]3O[C@@H](n4cnc5c(=O)[nH]cnc54)[C@H](O)[C@@H]3O)[C@H](O)[C@H]2O)[C@H](O)[C@H]1O[C@H]1O[C@H](CO)[C@@H](O)[C@H](N)[C@H]1O. The van der Waals surface area contributed by atoms with E-state index in [0.717, 1.165) is 17.2 Å². The molecule has 62 heavy (non-hydrogen) atoms. The van der Waals surface area contributed by atoms with E-state index < -0.39 is 161 Å². The molecular formula is C32H54N9O20P. The molecule has 2 aromatic heterocycles. The van der Waals surface area contributed by atoms with Crippen molar-refractivity contribution in [1.82, 2.24) is 24.8 Å². The molecule has 0 aromatic carbocycles. The molecule has 5 heterocycles. The predicted octanol–water partition coefficient (Wildman–Crippen LogP) is -9.53. The molecule has 1 saturated carbocycles. The van der Waals surface area contributed by atoms with Gasteiger partial charge in [-0.2, -0.15) is 0 Å². The summed E-state index contributed by atoms with van der Waals surface area (Å²) in [6.45, 7) is -2.23. The largest absolute Gasteiger partial charge is 0.472 e. The molecule has 0 radical (unpaired) electrons. The Balaban J connectivity index is 1.12. The predicted molar refractivity (Wildman–Crippen MR) is 200 cm³/mol. The lowest BCUT2D eigenvalue weighted by Gasteiger charge is -2.49. The van der Waals surface area contributed by atoms with Crippen molar-refractivity contribution in [2.75, 3.05) is 26.3 Å². The van der Waals surface area contributed by atoms with Crippen molar-refractivity contribution in [1.29, 1.82) is 0 Å². The van der Waals surface area contributed by atoms with Gasteiger partial charge in [-0.25, -0.2) is 14.5 Å². The standard InChI is InChI=1S/C32H54N9O20P/c33-2-1-11(43)28(51)40-10-3-9(35)24(23(50)25(10)60-31-19(46)15(36)17(44)13(5-42)58-31)59-32-22(49)20(47)26(12(4-34)57-32)61-62(53,54)55-6-14-18(45)21(48)30(56-14)41-8-39-16-27(41)37-7-38-29(16)52/h7-15,17-26,30-32,42-50H,1-6,33-36H2,(H,40,51)(H,53,54)(H,37,38,52)/t9-,10+,11-,12+,13+,14+,15-,17+,18+,19+,20+,21+,22+,23-,24+,25-,26+,30+,31+,32+/m0/s1. The van der Waals surface area contributed by atoms with Crippen LogP contribution in [0.3, 0.4) is 0 Å². The van der Waals surface area contributed by atoms with Gasteiger partial charge in [0.2, 0.25) is 5.91 Å². The fourth-order valence-corrected chi connectivity index (χ4v) is 8.64. The molecule has 4 fully saturated rings. The number of aromatic amines is 1. The summed E-state index contributed by atoms with van der Waals surface area (Å²) in [4.78, 5) is 45.8. The van der Waals surface area contributed by atoms with Crippen LogP contribution < -0.4 is 33.8 Å². The zero-order valence-electron chi connectivity index (χ0n) is 32.6. The molecule has 4 aliphatic rings. The summed E-state index contributed by atoms with van der Waals surface area (Å²) < 4.78 is 53.2. The summed E-state index contributed by atoms with van der Waals surface area (Å²) in [5, 5.41) is 98.8. The van der Waals surface area contributed by atoms with E-state index in [1.165, 1.54) is 0 Å². The number of nitrogens with two attached hydrogens (primary N) is 4. The maximum atomic E-state index is 13.2. The molecule has 3 aliphatic heterocycles. The van der Waals surface area contributed by atoms with Crippen molar-refractivity contribution in [3.63, 3.8) is 0 Å². The smallest absolute Gasteiger partial charge is 0.394 e. The minimum Gasteiger partial charge on any atom is -0.394 e. The second-order valence-corrected chi connectivity index (χ2v) is 16.7. The topological polar surface area (TPSA) is 481 Å². The lowest BCUT2D eigenvalue weighted by Crippen LogP contribution is -2.69. The molecule has 352 valence electrons. The van der Waals surface area contributed by atoms with Crippen LogP contribution in [0.25, 0.3) is 11.2 Å². The number of aromatic nitrogens is 4. The third kappa shape index (κ3) is 10.0. The Labute approximate surface area is 350 Å². The van der Waals surface area contributed by atoms with Gasteiger partial charge >= 0.3 is 7.82 Å². The van der Waals surface area contributed by atoms with E-state index in [0.29, 0.717) is 0 Å². The van der Waals surface area contributed by atoms with Gasteiger partial charge in [0.25, 0.3) is 5.56 Å². The molecule has 29 nitrogen and oxygen atoms in total. The monoisotopic (exact) mass is 915 g/mol. The van der Waals surface area contributed by atoms with Gasteiger partial charge in [-0.3, -0.25) is 23.2 Å². The number of hydrogen-bond acceptors (Lipinski definition) is 25. The van der Waals surface area contributed by atoms with Gasteiger partial charge in [-0.1, -0.05) is 0 Å². The maximum Gasteiger partial charge on any atom is 0.472 e. The first-order valence-electron chi connectivity index (χ1n) is 19.4. The first kappa shape index (κ1) is 48.7. The molecule has 3 saturated heterocycles. The van der Waals surface area contributed by atoms with Gasteiger partial charge in [0, 0.05) is 12.6 Å². The highest BCUT2D eigenvalue weighted by atomic mass is 31.2. The molecule has 1 unspecified atom stereocenters. The van der Waals surface area contributed by atoms with Crippen LogP contribution in [-0.2, 0) is 42.1 Å². The minimum absolute atomic E-state index is 0.000782. The number of nitrogens with one attached hydrogen (secondary N) is 2. The minimum atomic E-state index is -5.26. The van der Waals surface area contributed by atoms with Gasteiger partial charge in [0.1, 0.15) is 85.5 Å². The van der Waals surface area contributed by atoms with Crippen LogP contribution in [-0.4, -0.2) is 219 Å². The van der Waals surface area contributed by atoms with Crippen LogP contribution in [0.15, 0.2) is 17.4 Å². The summed E-state index contributed by atoms with van der Waals surface area (Å²) in [5.74, 6) is -0.928. The quantitative estimate of drug-likeness (QED) is 0.0695. The molecule has 0 spiro atoms. The summed E-state index contributed by atoms with van der Waals surface area (Å²) >= 11 is 0. The highest BCUT2D eigenvalue weighted by Crippen LogP contribution is 2.48. The van der Waals surface area contributed by atoms with Crippen molar-refractivity contribution < 1.29 is 92.9 Å². The van der Waals surface area contributed by atoms with E-state index in [4.69, 9.17) is 55.7 Å². The molecule has 1 aliphatic carbocycles. The number of nitrogens with zero attached hydrogens (tertiary/aromatic N) is 3. The number of ether oxygens (including phenoxy) is 5. The Morgan fingerprint density at radius 3 is 2.26 bits per heavy atom. The van der Waals surface area contributed by atoms with Crippen molar-refractivity contribution in [2.45, 2.75) is 135 Å². The number of amides is 1. The van der Waals surface area contributed by atoms with E-state index in [1.54, 1.807) is 0 Å². The third-order valence-corrected chi connectivity index (χ3v) is 12.1. The maximum absolute atomic E-state index is 13.2. The van der Waals surface area contributed by atoms with Gasteiger partial charge in [0.05, 0.1) is 38.0 Å². The second-order valence-electron chi connectivity index (χ2n) is 15.3. The number of carbonyl (C=O) groups is 1. The number of carbonyl (C=O) groups excluding carboxylic acids is 1. The van der Waals surface area contributed by atoms with Gasteiger partial charge in [0.15, 0.2) is 30.0 Å². The first-order chi connectivity index (χ1) is 29.3. The summed E-state index contributed by atoms with van der Waals surface area (Å²) in [6.07, 6.45) is -26.9.